The number of nitrogens with one attached hydrogen (secondary N) is 1. The SMILES string of the molecule is CCOCCOc1ccccc1C(=O)NCC(c1ccsc1)N(CC)CC. The van der Waals surface area contributed by atoms with E-state index < -0.39 is 0 Å². The molecule has 0 bridgehead atoms. The van der Waals surface area contributed by atoms with Gasteiger partial charge in [-0.25, -0.2) is 0 Å². The van der Waals surface area contributed by atoms with Gasteiger partial charge in [0.15, 0.2) is 0 Å². The summed E-state index contributed by atoms with van der Waals surface area (Å²) in [5.41, 5.74) is 1.79. The lowest BCUT2D eigenvalue weighted by Gasteiger charge is -2.29. The molecule has 148 valence electrons. The fraction of sp³-hybridized carbons (Fsp3) is 0.476. The molecule has 0 aliphatic carbocycles. The van der Waals surface area contributed by atoms with Gasteiger partial charge in [-0.1, -0.05) is 26.0 Å². The average Bonchev–Trinajstić information content (AvgIpc) is 3.23. The number of likely N-dealkylation sites (N-methyl/N-ethyl adjacent to an activating group) is 1. The van der Waals surface area contributed by atoms with E-state index in [0.29, 0.717) is 37.7 Å². The van der Waals surface area contributed by atoms with Crippen molar-refractivity contribution in [3.63, 3.8) is 0 Å². The van der Waals surface area contributed by atoms with Gasteiger partial charge in [-0.15, -0.1) is 0 Å². The van der Waals surface area contributed by atoms with Crippen LogP contribution in [0.3, 0.4) is 0 Å². The monoisotopic (exact) mass is 390 g/mol. The summed E-state index contributed by atoms with van der Waals surface area (Å²) in [6.07, 6.45) is 0. The largest absolute Gasteiger partial charge is 0.490 e. The van der Waals surface area contributed by atoms with Gasteiger partial charge in [0, 0.05) is 13.2 Å². The highest BCUT2D eigenvalue weighted by atomic mass is 32.1. The van der Waals surface area contributed by atoms with E-state index in [1.165, 1.54) is 5.56 Å². The molecular weight excluding hydrogens is 360 g/mol. The van der Waals surface area contributed by atoms with Crippen molar-refractivity contribution in [2.75, 3.05) is 39.5 Å². The fourth-order valence-electron chi connectivity index (χ4n) is 3.01. The predicted molar refractivity (Wildman–Crippen MR) is 111 cm³/mol. The van der Waals surface area contributed by atoms with Crippen LogP contribution in [0, 0.1) is 0 Å². The van der Waals surface area contributed by atoms with Crippen molar-refractivity contribution in [1.82, 2.24) is 10.2 Å². The van der Waals surface area contributed by atoms with E-state index in [9.17, 15) is 4.79 Å². The Bertz CT molecular complexity index is 672. The number of hydrogen-bond donors (Lipinski definition) is 1. The van der Waals surface area contributed by atoms with E-state index >= 15 is 0 Å². The number of carbonyl (C=O) groups is 1. The van der Waals surface area contributed by atoms with Crippen LogP contribution in [0.4, 0.5) is 0 Å². The molecule has 5 nitrogen and oxygen atoms in total. The lowest BCUT2D eigenvalue weighted by molar-refractivity contribution is 0.0919. The smallest absolute Gasteiger partial charge is 0.255 e. The number of hydrogen-bond acceptors (Lipinski definition) is 5. The second-order valence-electron chi connectivity index (χ2n) is 6.05. The van der Waals surface area contributed by atoms with Crippen molar-refractivity contribution in [2.24, 2.45) is 0 Å². The minimum absolute atomic E-state index is 0.116. The van der Waals surface area contributed by atoms with Gasteiger partial charge in [0.25, 0.3) is 5.91 Å². The Morgan fingerprint density at radius 2 is 1.93 bits per heavy atom. The first-order chi connectivity index (χ1) is 13.2. The molecule has 0 fully saturated rings. The van der Waals surface area contributed by atoms with Gasteiger partial charge in [0.1, 0.15) is 12.4 Å². The molecule has 1 aromatic heterocycles. The third kappa shape index (κ3) is 6.34. The molecule has 1 amide bonds. The summed E-state index contributed by atoms with van der Waals surface area (Å²) in [7, 11) is 0. The molecule has 27 heavy (non-hydrogen) atoms. The summed E-state index contributed by atoms with van der Waals surface area (Å²) in [6, 6.07) is 9.64. The molecule has 1 heterocycles. The maximum atomic E-state index is 12.8. The van der Waals surface area contributed by atoms with Crippen LogP contribution in [-0.2, 0) is 4.74 Å². The van der Waals surface area contributed by atoms with E-state index in [0.717, 1.165) is 13.1 Å². The average molecular weight is 391 g/mol. The van der Waals surface area contributed by atoms with Crippen LogP contribution in [0.25, 0.3) is 0 Å². The molecule has 1 atom stereocenters. The van der Waals surface area contributed by atoms with Gasteiger partial charge in [0.05, 0.1) is 18.2 Å². The van der Waals surface area contributed by atoms with Crippen LogP contribution in [0.1, 0.15) is 42.7 Å². The van der Waals surface area contributed by atoms with E-state index in [-0.39, 0.29) is 11.9 Å². The molecule has 0 saturated heterocycles. The first kappa shape index (κ1) is 21.4. The van der Waals surface area contributed by atoms with Crippen LogP contribution < -0.4 is 10.1 Å². The van der Waals surface area contributed by atoms with Crippen LogP contribution >= 0.6 is 11.3 Å². The Hall–Kier alpha value is -1.89. The number of rotatable bonds is 12. The fourth-order valence-corrected chi connectivity index (χ4v) is 3.71. The summed E-state index contributed by atoms with van der Waals surface area (Å²) in [6.45, 7) is 10.3. The summed E-state index contributed by atoms with van der Waals surface area (Å²) in [5, 5.41) is 7.32. The minimum Gasteiger partial charge on any atom is -0.490 e. The molecular formula is C21H30N2O3S. The first-order valence-corrected chi connectivity index (χ1v) is 10.5. The zero-order valence-corrected chi connectivity index (χ0v) is 17.3. The van der Waals surface area contributed by atoms with Crippen molar-refractivity contribution < 1.29 is 14.3 Å². The molecule has 6 heteroatoms. The Labute approximate surface area is 166 Å². The Balaban J connectivity index is 2.03. The van der Waals surface area contributed by atoms with Crippen LogP contribution in [-0.4, -0.2) is 50.3 Å². The topological polar surface area (TPSA) is 50.8 Å². The summed E-state index contributed by atoms with van der Waals surface area (Å²) in [4.78, 5) is 15.1. The van der Waals surface area contributed by atoms with E-state index in [1.807, 2.05) is 25.1 Å². The maximum Gasteiger partial charge on any atom is 0.255 e. The molecule has 1 unspecified atom stereocenters. The summed E-state index contributed by atoms with van der Waals surface area (Å²) >= 11 is 1.68. The molecule has 2 aromatic rings. The van der Waals surface area contributed by atoms with Crippen molar-refractivity contribution in [2.45, 2.75) is 26.8 Å². The molecule has 0 aliphatic heterocycles. The van der Waals surface area contributed by atoms with Crippen molar-refractivity contribution >= 4 is 17.2 Å². The number of thiophene rings is 1. The number of amides is 1. The molecule has 0 spiro atoms. The number of ether oxygens (including phenoxy) is 2. The normalized spacial score (nSPS) is 12.1. The lowest BCUT2D eigenvalue weighted by atomic mass is 10.1. The third-order valence-corrected chi connectivity index (χ3v) is 5.16. The van der Waals surface area contributed by atoms with Gasteiger partial charge >= 0.3 is 0 Å². The molecule has 0 aliphatic rings. The van der Waals surface area contributed by atoms with Crippen LogP contribution in [0.2, 0.25) is 0 Å². The molecule has 0 saturated carbocycles. The van der Waals surface area contributed by atoms with Crippen molar-refractivity contribution in [3.8, 4) is 5.75 Å². The summed E-state index contributed by atoms with van der Waals surface area (Å²) in [5.74, 6) is 0.471. The molecule has 0 radical (unpaired) electrons. The lowest BCUT2D eigenvalue weighted by Crippen LogP contribution is -2.38. The van der Waals surface area contributed by atoms with Gasteiger partial charge in [-0.05, 0) is 54.5 Å². The predicted octanol–water partition coefficient (Wildman–Crippen LogP) is 3.98. The van der Waals surface area contributed by atoms with Gasteiger partial charge in [-0.3, -0.25) is 9.69 Å². The second-order valence-corrected chi connectivity index (χ2v) is 6.83. The Morgan fingerprint density at radius 1 is 1.15 bits per heavy atom. The summed E-state index contributed by atoms with van der Waals surface area (Å²) < 4.78 is 11.0. The zero-order valence-electron chi connectivity index (χ0n) is 16.4. The quantitative estimate of drug-likeness (QED) is 0.557. The first-order valence-electron chi connectivity index (χ1n) is 9.55. The van der Waals surface area contributed by atoms with Crippen molar-refractivity contribution in [3.05, 3.63) is 52.2 Å². The minimum atomic E-state index is -0.116. The number of para-hydroxylation sites is 1. The maximum absolute atomic E-state index is 12.8. The second kappa shape index (κ2) is 11.7. The van der Waals surface area contributed by atoms with Gasteiger partial charge in [0.2, 0.25) is 0 Å². The van der Waals surface area contributed by atoms with E-state index in [2.05, 4.69) is 40.9 Å². The standard InChI is InChI=1S/C21H30N2O3S/c1-4-23(5-2)19(17-11-14-27-16-17)15-22-21(24)18-9-7-8-10-20(18)26-13-12-25-6-3/h7-11,14,16,19H,4-6,12-13,15H2,1-3H3,(H,22,24). The highest BCUT2D eigenvalue weighted by molar-refractivity contribution is 7.07. The molecule has 2 rings (SSSR count). The number of benzene rings is 1. The van der Waals surface area contributed by atoms with Crippen molar-refractivity contribution in [1.29, 1.82) is 0 Å². The van der Waals surface area contributed by atoms with Gasteiger partial charge < -0.3 is 14.8 Å². The number of nitrogens with zero attached hydrogens (tertiary/aromatic N) is 1. The Morgan fingerprint density at radius 3 is 2.59 bits per heavy atom. The molecule has 1 aromatic carbocycles. The van der Waals surface area contributed by atoms with E-state index in [1.54, 1.807) is 17.4 Å². The third-order valence-electron chi connectivity index (χ3n) is 4.46. The van der Waals surface area contributed by atoms with E-state index in [4.69, 9.17) is 9.47 Å². The zero-order chi connectivity index (χ0) is 19.5. The Kier molecular flexibility index (Phi) is 9.31. The molecule has 1 N–H and O–H groups in total. The highest BCUT2D eigenvalue weighted by Gasteiger charge is 2.20. The van der Waals surface area contributed by atoms with Crippen LogP contribution in [0.15, 0.2) is 41.1 Å². The van der Waals surface area contributed by atoms with Gasteiger partial charge in [-0.2, -0.15) is 11.3 Å². The highest BCUT2D eigenvalue weighted by Crippen LogP contribution is 2.23. The number of carbonyl (C=O) groups excluding carboxylic acids is 1. The van der Waals surface area contributed by atoms with Crippen LogP contribution in [0.5, 0.6) is 5.75 Å².